The molecule has 1 atom stereocenters. The third kappa shape index (κ3) is 2.94. The van der Waals surface area contributed by atoms with E-state index in [0.29, 0.717) is 13.2 Å². The number of pyridine rings is 2. The smallest absolute Gasteiger partial charge is 0.130 e. The Morgan fingerprint density at radius 2 is 2.18 bits per heavy atom. The third-order valence-corrected chi connectivity index (χ3v) is 5.96. The van der Waals surface area contributed by atoms with Gasteiger partial charge >= 0.3 is 0 Å². The third-order valence-electron chi connectivity index (χ3n) is 5.02. The molecule has 0 spiro atoms. The van der Waals surface area contributed by atoms with Crippen LogP contribution < -0.4 is 4.90 Å². The molecule has 1 N–H and O–H groups in total. The zero-order valence-corrected chi connectivity index (χ0v) is 16.5. The standard InChI is InChI=1S/C20H20N6OS/c1-12-11-27-8-7-26(12)18-9-15(17-10-22-13(2)28-17)14-3-5-21-20(19(14)24-18)16-4-6-23-25-16/h3-6,9-10,12H,7-8,11H2,1-2H3,(H,23,25)/t12-/m1/s1. The number of rotatable bonds is 3. The van der Waals surface area contributed by atoms with E-state index in [1.807, 2.05) is 31.5 Å². The molecule has 0 amide bonds. The Bertz CT molecular complexity index is 1120. The van der Waals surface area contributed by atoms with Crippen molar-refractivity contribution in [2.75, 3.05) is 24.7 Å². The number of fused-ring (bicyclic) bond motifs is 1. The lowest BCUT2D eigenvalue weighted by Crippen LogP contribution is -2.44. The summed E-state index contributed by atoms with van der Waals surface area (Å²) >= 11 is 1.69. The molecule has 0 saturated carbocycles. The van der Waals surface area contributed by atoms with E-state index in [1.54, 1.807) is 17.5 Å². The van der Waals surface area contributed by atoms with Gasteiger partial charge in [-0.15, -0.1) is 11.3 Å². The van der Waals surface area contributed by atoms with Gasteiger partial charge in [-0.25, -0.2) is 9.97 Å². The molecule has 5 heterocycles. The first kappa shape index (κ1) is 17.3. The second kappa shape index (κ2) is 6.96. The van der Waals surface area contributed by atoms with Crippen molar-refractivity contribution >= 4 is 28.1 Å². The van der Waals surface area contributed by atoms with Gasteiger partial charge in [-0.1, -0.05) is 0 Å². The van der Waals surface area contributed by atoms with Gasteiger partial charge in [0.1, 0.15) is 17.0 Å². The van der Waals surface area contributed by atoms with E-state index in [2.05, 4.69) is 38.1 Å². The van der Waals surface area contributed by atoms with Crippen LogP contribution in [0.25, 0.3) is 32.7 Å². The number of aryl methyl sites for hydroxylation is 1. The molecule has 1 aliphatic heterocycles. The molecule has 0 aromatic carbocycles. The fourth-order valence-corrected chi connectivity index (χ4v) is 4.44. The van der Waals surface area contributed by atoms with Crippen molar-refractivity contribution in [3.05, 3.63) is 41.8 Å². The van der Waals surface area contributed by atoms with Gasteiger partial charge in [0.05, 0.1) is 34.8 Å². The highest BCUT2D eigenvalue weighted by atomic mass is 32.1. The minimum Gasteiger partial charge on any atom is -0.377 e. The number of nitrogens with one attached hydrogen (secondary N) is 1. The van der Waals surface area contributed by atoms with Gasteiger partial charge in [0, 0.05) is 36.1 Å². The molecule has 8 heteroatoms. The predicted molar refractivity (Wildman–Crippen MR) is 111 cm³/mol. The van der Waals surface area contributed by atoms with Crippen molar-refractivity contribution < 1.29 is 4.74 Å². The molecule has 1 fully saturated rings. The highest BCUT2D eigenvalue weighted by molar-refractivity contribution is 7.15. The zero-order chi connectivity index (χ0) is 19.1. The normalized spacial score (nSPS) is 17.4. The minimum atomic E-state index is 0.266. The van der Waals surface area contributed by atoms with Crippen molar-refractivity contribution in [2.45, 2.75) is 19.9 Å². The zero-order valence-electron chi connectivity index (χ0n) is 15.7. The maximum atomic E-state index is 5.62. The summed E-state index contributed by atoms with van der Waals surface area (Å²) in [5, 5.41) is 9.22. The first-order valence-electron chi connectivity index (χ1n) is 9.27. The highest BCUT2D eigenvalue weighted by Gasteiger charge is 2.23. The fraction of sp³-hybridized carbons (Fsp3) is 0.300. The van der Waals surface area contributed by atoms with Crippen LogP contribution in [0.2, 0.25) is 0 Å². The van der Waals surface area contributed by atoms with Gasteiger partial charge in [0.2, 0.25) is 0 Å². The van der Waals surface area contributed by atoms with Crippen LogP contribution in [0.4, 0.5) is 5.82 Å². The van der Waals surface area contributed by atoms with Crippen LogP contribution in [0.5, 0.6) is 0 Å². The minimum absolute atomic E-state index is 0.266. The van der Waals surface area contributed by atoms with Gasteiger partial charge < -0.3 is 9.64 Å². The molecule has 1 aliphatic rings. The summed E-state index contributed by atoms with van der Waals surface area (Å²) in [5.74, 6) is 0.943. The largest absolute Gasteiger partial charge is 0.377 e. The van der Waals surface area contributed by atoms with E-state index in [1.165, 1.54) is 0 Å². The van der Waals surface area contributed by atoms with Crippen molar-refractivity contribution in [2.24, 2.45) is 0 Å². The Morgan fingerprint density at radius 3 is 2.93 bits per heavy atom. The van der Waals surface area contributed by atoms with Gasteiger partial charge in [0.25, 0.3) is 0 Å². The molecule has 0 unspecified atom stereocenters. The molecule has 5 rings (SSSR count). The second-order valence-electron chi connectivity index (χ2n) is 6.91. The number of aromatic nitrogens is 5. The first-order valence-corrected chi connectivity index (χ1v) is 10.1. The highest BCUT2D eigenvalue weighted by Crippen LogP contribution is 2.37. The lowest BCUT2D eigenvalue weighted by molar-refractivity contribution is 0.0986. The summed E-state index contributed by atoms with van der Waals surface area (Å²) in [6.45, 7) is 6.43. The molecular weight excluding hydrogens is 372 g/mol. The topological polar surface area (TPSA) is 79.8 Å². The lowest BCUT2D eigenvalue weighted by Gasteiger charge is -2.34. The maximum absolute atomic E-state index is 5.62. The van der Waals surface area contributed by atoms with E-state index in [-0.39, 0.29) is 6.04 Å². The van der Waals surface area contributed by atoms with Gasteiger partial charge in [-0.05, 0) is 32.0 Å². The molecule has 4 aromatic rings. The first-order chi connectivity index (χ1) is 13.7. The number of H-pyrrole nitrogens is 1. The molecular formula is C20H20N6OS. The summed E-state index contributed by atoms with van der Waals surface area (Å²) in [4.78, 5) is 17.6. The quantitative estimate of drug-likeness (QED) is 0.573. The van der Waals surface area contributed by atoms with E-state index < -0.39 is 0 Å². The molecule has 4 aromatic heterocycles. The number of nitrogens with zero attached hydrogens (tertiary/aromatic N) is 5. The Balaban J connectivity index is 1.78. The van der Waals surface area contributed by atoms with Gasteiger partial charge in [-0.3, -0.25) is 10.1 Å². The van der Waals surface area contributed by atoms with Crippen molar-refractivity contribution in [1.29, 1.82) is 0 Å². The molecule has 0 radical (unpaired) electrons. The lowest BCUT2D eigenvalue weighted by atomic mass is 10.1. The summed E-state index contributed by atoms with van der Waals surface area (Å²) < 4.78 is 5.62. The fourth-order valence-electron chi connectivity index (χ4n) is 3.63. The summed E-state index contributed by atoms with van der Waals surface area (Å²) in [6, 6.07) is 6.39. The number of anilines is 1. The Hall–Kier alpha value is -2.84. The van der Waals surface area contributed by atoms with Crippen molar-refractivity contribution in [1.82, 2.24) is 25.1 Å². The van der Waals surface area contributed by atoms with E-state index >= 15 is 0 Å². The molecule has 1 saturated heterocycles. The van der Waals surface area contributed by atoms with Crippen LogP contribution in [-0.2, 0) is 4.74 Å². The molecule has 0 aliphatic carbocycles. The molecule has 142 valence electrons. The van der Waals surface area contributed by atoms with Crippen LogP contribution in [0.1, 0.15) is 11.9 Å². The molecule has 0 bridgehead atoms. The number of hydrogen-bond donors (Lipinski definition) is 1. The average Bonchev–Trinajstić information content (AvgIpc) is 3.39. The number of ether oxygens (including phenoxy) is 1. The van der Waals surface area contributed by atoms with Crippen LogP contribution in [-0.4, -0.2) is 50.9 Å². The van der Waals surface area contributed by atoms with Gasteiger partial charge in [-0.2, -0.15) is 5.10 Å². The van der Waals surface area contributed by atoms with Crippen LogP contribution >= 0.6 is 11.3 Å². The molecule has 7 nitrogen and oxygen atoms in total. The Kier molecular flexibility index (Phi) is 4.29. The second-order valence-corrected chi connectivity index (χ2v) is 8.15. The van der Waals surface area contributed by atoms with Crippen LogP contribution in [0.3, 0.4) is 0 Å². The maximum Gasteiger partial charge on any atom is 0.130 e. The predicted octanol–water partition coefficient (Wildman–Crippen LogP) is 3.68. The van der Waals surface area contributed by atoms with Crippen molar-refractivity contribution in [3.8, 4) is 21.8 Å². The Labute approximate surface area is 166 Å². The molecule has 28 heavy (non-hydrogen) atoms. The van der Waals surface area contributed by atoms with Crippen LogP contribution in [0, 0.1) is 6.92 Å². The number of morpholine rings is 1. The summed E-state index contributed by atoms with van der Waals surface area (Å²) in [5.41, 5.74) is 3.66. The number of hydrogen-bond acceptors (Lipinski definition) is 7. The number of thiazole rings is 1. The number of aromatic amines is 1. The van der Waals surface area contributed by atoms with E-state index in [9.17, 15) is 0 Å². The average molecular weight is 392 g/mol. The summed E-state index contributed by atoms with van der Waals surface area (Å²) in [6.07, 6.45) is 5.50. The Morgan fingerprint density at radius 1 is 1.25 bits per heavy atom. The SMILES string of the molecule is Cc1ncc(-c2cc(N3CCOC[C@H]3C)nc3c(-c4ccn[nH]4)nccc23)s1. The van der Waals surface area contributed by atoms with Crippen molar-refractivity contribution in [3.63, 3.8) is 0 Å². The van der Waals surface area contributed by atoms with Crippen LogP contribution in [0.15, 0.2) is 36.8 Å². The van der Waals surface area contributed by atoms with E-state index in [0.717, 1.165) is 50.1 Å². The summed E-state index contributed by atoms with van der Waals surface area (Å²) in [7, 11) is 0. The van der Waals surface area contributed by atoms with Gasteiger partial charge in [0.15, 0.2) is 0 Å². The monoisotopic (exact) mass is 392 g/mol. The van der Waals surface area contributed by atoms with E-state index in [4.69, 9.17) is 9.72 Å².